The second-order valence-corrected chi connectivity index (χ2v) is 7.29. The molecule has 5 nitrogen and oxygen atoms in total. The van der Waals surface area contributed by atoms with E-state index in [4.69, 9.17) is 9.47 Å². The molecule has 2 aromatic carbocycles. The van der Waals surface area contributed by atoms with Gasteiger partial charge in [-0.1, -0.05) is 13.8 Å². The van der Waals surface area contributed by atoms with Crippen molar-refractivity contribution in [3.05, 3.63) is 47.8 Å². The predicted octanol–water partition coefficient (Wildman–Crippen LogP) is 4.48. The Labute approximate surface area is 156 Å². The molecule has 2 rings (SSSR count). The molecule has 0 aliphatic heterocycles. The van der Waals surface area contributed by atoms with E-state index in [0.29, 0.717) is 36.8 Å². The topological polar surface area (TPSA) is 64.6 Å². The summed E-state index contributed by atoms with van der Waals surface area (Å²) in [4.78, 5) is -0.997. The molecule has 148 valence electrons. The lowest BCUT2D eigenvalue weighted by atomic mass is 10.3. The minimum absolute atomic E-state index is 0.0640. The van der Waals surface area contributed by atoms with Crippen molar-refractivity contribution in [3.8, 4) is 11.5 Å². The number of ether oxygens (including phenoxy) is 2. The van der Waals surface area contributed by atoms with Gasteiger partial charge in [0, 0.05) is 6.07 Å². The first-order valence-corrected chi connectivity index (χ1v) is 9.84. The lowest BCUT2D eigenvalue weighted by Crippen LogP contribution is -2.16. The number of hydrogen-bond acceptors (Lipinski definition) is 4. The van der Waals surface area contributed by atoms with Crippen LogP contribution in [0, 0.1) is 17.5 Å². The van der Waals surface area contributed by atoms with Crippen molar-refractivity contribution in [3.63, 3.8) is 0 Å². The van der Waals surface area contributed by atoms with Gasteiger partial charge in [0.2, 0.25) is 0 Å². The van der Waals surface area contributed by atoms with Gasteiger partial charge in [-0.25, -0.2) is 21.6 Å². The molecule has 0 radical (unpaired) electrons. The average Bonchev–Trinajstić information content (AvgIpc) is 2.63. The lowest BCUT2D eigenvalue weighted by molar-refractivity contribution is 0.268. The monoisotopic (exact) mass is 403 g/mol. The van der Waals surface area contributed by atoms with Crippen LogP contribution in [0.25, 0.3) is 0 Å². The zero-order chi connectivity index (χ0) is 20.0. The molecule has 1 N–H and O–H groups in total. The van der Waals surface area contributed by atoms with Crippen LogP contribution >= 0.6 is 0 Å². The molecule has 0 aliphatic carbocycles. The highest BCUT2D eigenvalue weighted by Gasteiger charge is 2.24. The fourth-order valence-electron chi connectivity index (χ4n) is 2.15. The third-order valence-electron chi connectivity index (χ3n) is 3.41. The van der Waals surface area contributed by atoms with Crippen molar-refractivity contribution >= 4 is 15.7 Å². The van der Waals surface area contributed by atoms with Gasteiger partial charge in [0.1, 0.15) is 4.90 Å². The second-order valence-electron chi connectivity index (χ2n) is 5.64. The maximum atomic E-state index is 13.8. The van der Waals surface area contributed by atoms with E-state index in [1.165, 1.54) is 18.2 Å². The summed E-state index contributed by atoms with van der Waals surface area (Å²) >= 11 is 0. The maximum Gasteiger partial charge on any atom is 0.264 e. The predicted molar refractivity (Wildman–Crippen MR) is 95.1 cm³/mol. The minimum Gasteiger partial charge on any atom is -0.490 e. The number of sulfonamides is 1. The first-order chi connectivity index (χ1) is 12.8. The van der Waals surface area contributed by atoms with Crippen LogP contribution in [0.1, 0.15) is 26.7 Å². The number of nitrogens with one attached hydrogen (secondary N) is 1. The molecule has 0 spiro atoms. The van der Waals surface area contributed by atoms with Crippen LogP contribution in [0.5, 0.6) is 11.5 Å². The fourth-order valence-corrected chi connectivity index (χ4v) is 3.27. The largest absolute Gasteiger partial charge is 0.490 e. The van der Waals surface area contributed by atoms with Crippen molar-refractivity contribution in [2.24, 2.45) is 0 Å². The summed E-state index contributed by atoms with van der Waals surface area (Å²) in [5, 5.41) is 0. The Hall–Kier alpha value is -2.42. The third-order valence-corrected chi connectivity index (χ3v) is 4.81. The number of hydrogen-bond donors (Lipinski definition) is 1. The van der Waals surface area contributed by atoms with E-state index in [1.807, 2.05) is 13.8 Å². The molecule has 9 heteroatoms. The van der Waals surface area contributed by atoms with E-state index >= 15 is 0 Å². The normalized spacial score (nSPS) is 11.3. The molecular weight excluding hydrogens is 383 g/mol. The molecule has 2 aromatic rings. The van der Waals surface area contributed by atoms with Gasteiger partial charge in [0.05, 0.1) is 18.9 Å². The van der Waals surface area contributed by atoms with Crippen LogP contribution in [0.15, 0.2) is 35.2 Å². The molecule has 0 saturated carbocycles. The minimum atomic E-state index is -4.48. The quantitative estimate of drug-likeness (QED) is 0.627. The third kappa shape index (κ3) is 5.06. The molecule has 0 heterocycles. The zero-order valence-corrected chi connectivity index (χ0v) is 15.7. The number of benzene rings is 2. The van der Waals surface area contributed by atoms with Crippen molar-refractivity contribution in [1.82, 2.24) is 0 Å². The molecule has 0 atom stereocenters. The van der Waals surface area contributed by atoms with Crippen molar-refractivity contribution in [2.45, 2.75) is 31.6 Å². The molecule has 0 aromatic heterocycles. The molecule has 0 bridgehead atoms. The Kier molecular flexibility index (Phi) is 6.95. The fraction of sp³-hybridized carbons (Fsp3) is 0.333. The summed E-state index contributed by atoms with van der Waals surface area (Å²) in [5.74, 6) is -4.36. The van der Waals surface area contributed by atoms with Gasteiger partial charge >= 0.3 is 0 Å². The lowest BCUT2D eigenvalue weighted by Gasteiger charge is -2.15. The van der Waals surface area contributed by atoms with Crippen LogP contribution < -0.4 is 14.2 Å². The van der Waals surface area contributed by atoms with Gasteiger partial charge < -0.3 is 9.47 Å². The zero-order valence-electron chi connectivity index (χ0n) is 14.9. The molecular formula is C18H20F3NO4S. The van der Waals surface area contributed by atoms with E-state index in [0.717, 1.165) is 12.8 Å². The first kappa shape index (κ1) is 20.9. The maximum absolute atomic E-state index is 13.8. The molecule has 27 heavy (non-hydrogen) atoms. The van der Waals surface area contributed by atoms with E-state index in [-0.39, 0.29) is 5.69 Å². The first-order valence-electron chi connectivity index (χ1n) is 8.36. The molecule has 0 amide bonds. The van der Waals surface area contributed by atoms with Gasteiger partial charge in [-0.15, -0.1) is 0 Å². The van der Waals surface area contributed by atoms with E-state index in [9.17, 15) is 21.6 Å². The Balaban J connectivity index is 2.33. The van der Waals surface area contributed by atoms with Crippen molar-refractivity contribution < 1.29 is 31.1 Å². The summed E-state index contributed by atoms with van der Waals surface area (Å²) in [6.07, 6.45) is 1.50. The smallest absolute Gasteiger partial charge is 0.264 e. The molecule has 0 aliphatic rings. The molecule has 0 saturated heterocycles. The van der Waals surface area contributed by atoms with Crippen LogP contribution in [0.2, 0.25) is 0 Å². The summed E-state index contributed by atoms with van der Waals surface area (Å²) < 4.78 is 78.2. The van der Waals surface area contributed by atoms with Crippen LogP contribution in [0.4, 0.5) is 18.9 Å². The van der Waals surface area contributed by atoms with Gasteiger partial charge in [-0.2, -0.15) is 0 Å². The standard InChI is InChI=1S/C18H20F3NO4S/c1-3-9-25-14-7-5-12(11-15(14)26-10-4-2)22-27(23,24)16-8-6-13(19)17(20)18(16)21/h5-8,11,22H,3-4,9-10H2,1-2H3. The Bertz CT molecular complexity index is 904. The Morgan fingerprint density at radius 3 is 2.15 bits per heavy atom. The molecule has 0 unspecified atom stereocenters. The summed E-state index contributed by atoms with van der Waals surface area (Å²) in [7, 11) is -4.48. The highest BCUT2D eigenvalue weighted by Crippen LogP contribution is 2.32. The SMILES string of the molecule is CCCOc1ccc(NS(=O)(=O)c2ccc(F)c(F)c2F)cc1OCCC. The van der Waals surface area contributed by atoms with Crippen molar-refractivity contribution in [2.75, 3.05) is 17.9 Å². The van der Waals surface area contributed by atoms with Crippen molar-refractivity contribution in [1.29, 1.82) is 0 Å². The van der Waals surface area contributed by atoms with Crippen LogP contribution in [0.3, 0.4) is 0 Å². The van der Waals surface area contributed by atoms with Crippen LogP contribution in [-0.4, -0.2) is 21.6 Å². The highest BCUT2D eigenvalue weighted by atomic mass is 32.2. The summed E-state index contributed by atoms with van der Waals surface area (Å²) in [6, 6.07) is 5.50. The van der Waals surface area contributed by atoms with E-state index in [1.54, 1.807) is 0 Å². The number of anilines is 1. The summed E-state index contributed by atoms with van der Waals surface area (Å²) in [5.41, 5.74) is 0.0640. The van der Waals surface area contributed by atoms with Gasteiger partial charge in [0.25, 0.3) is 10.0 Å². The van der Waals surface area contributed by atoms with Crippen LogP contribution in [-0.2, 0) is 10.0 Å². The van der Waals surface area contributed by atoms with Gasteiger partial charge in [0.15, 0.2) is 29.0 Å². The molecule has 0 fully saturated rings. The van der Waals surface area contributed by atoms with Gasteiger partial charge in [-0.3, -0.25) is 4.72 Å². The van der Waals surface area contributed by atoms with E-state index < -0.39 is 32.4 Å². The highest BCUT2D eigenvalue weighted by molar-refractivity contribution is 7.92. The number of rotatable bonds is 9. The Morgan fingerprint density at radius 1 is 0.889 bits per heavy atom. The number of halogens is 3. The average molecular weight is 403 g/mol. The Morgan fingerprint density at radius 2 is 1.52 bits per heavy atom. The summed E-state index contributed by atoms with van der Waals surface area (Å²) in [6.45, 7) is 4.68. The van der Waals surface area contributed by atoms with E-state index in [2.05, 4.69) is 4.72 Å². The second kappa shape index (κ2) is 8.98. The van der Waals surface area contributed by atoms with Gasteiger partial charge in [-0.05, 0) is 37.1 Å².